The van der Waals surface area contributed by atoms with E-state index in [1.165, 1.54) is 6.07 Å². The number of amides is 1. The molecule has 0 aliphatic rings. The number of benzene rings is 2. The van der Waals surface area contributed by atoms with E-state index in [1.54, 1.807) is 19.1 Å². The van der Waals surface area contributed by atoms with Crippen molar-refractivity contribution in [2.24, 2.45) is 0 Å². The zero-order valence-corrected chi connectivity index (χ0v) is 14.0. The van der Waals surface area contributed by atoms with Gasteiger partial charge in [-0.05, 0) is 59.3 Å². The van der Waals surface area contributed by atoms with E-state index >= 15 is 0 Å². The summed E-state index contributed by atoms with van der Waals surface area (Å²) in [7, 11) is 0. The molecule has 1 amide bonds. The van der Waals surface area contributed by atoms with Crippen molar-refractivity contribution in [3.8, 4) is 0 Å². The summed E-state index contributed by atoms with van der Waals surface area (Å²) < 4.78 is 1.10. The number of carbonyl (C=O) groups is 1. The SMILES string of the molecule is Cc1cccc([N+](=O)[O-])c1NC(=O)CNc1ccc(I)cc1. The van der Waals surface area contributed by atoms with E-state index in [0.717, 1.165) is 9.26 Å². The lowest BCUT2D eigenvalue weighted by molar-refractivity contribution is -0.384. The normalized spacial score (nSPS) is 10.1. The minimum absolute atomic E-state index is 0.0338. The number of anilines is 2. The Balaban J connectivity index is 2.03. The van der Waals surface area contributed by atoms with E-state index in [0.29, 0.717) is 5.56 Å². The first kappa shape index (κ1) is 16.2. The van der Waals surface area contributed by atoms with E-state index in [1.807, 2.05) is 24.3 Å². The van der Waals surface area contributed by atoms with Gasteiger partial charge in [0.25, 0.3) is 5.69 Å². The standard InChI is InChI=1S/C15H14IN3O3/c1-10-3-2-4-13(19(21)22)15(10)18-14(20)9-17-12-7-5-11(16)6-8-12/h2-8,17H,9H2,1H3,(H,18,20). The molecule has 0 atom stereocenters. The summed E-state index contributed by atoms with van der Waals surface area (Å²) >= 11 is 2.20. The first-order chi connectivity index (χ1) is 10.5. The molecule has 7 heteroatoms. The number of hydrogen-bond donors (Lipinski definition) is 2. The van der Waals surface area contributed by atoms with Crippen LogP contribution < -0.4 is 10.6 Å². The fourth-order valence-corrected chi connectivity index (χ4v) is 2.26. The Bertz CT molecular complexity index is 702. The number of aryl methyl sites for hydroxylation is 1. The van der Waals surface area contributed by atoms with Crippen LogP contribution in [0.25, 0.3) is 0 Å². The fourth-order valence-electron chi connectivity index (χ4n) is 1.90. The van der Waals surface area contributed by atoms with Crippen molar-refractivity contribution in [2.75, 3.05) is 17.2 Å². The van der Waals surface area contributed by atoms with E-state index in [4.69, 9.17) is 0 Å². The van der Waals surface area contributed by atoms with E-state index in [-0.39, 0.29) is 23.8 Å². The van der Waals surface area contributed by atoms with Gasteiger partial charge in [0.15, 0.2) is 0 Å². The van der Waals surface area contributed by atoms with Gasteiger partial charge in [-0.15, -0.1) is 0 Å². The Hall–Kier alpha value is -2.16. The summed E-state index contributed by atoms with van der Waals surface area (Å²) in [5.41, 5.74) is 1.59. The highest BCUT2D eigenvalue weighted by atomic mass is 127. The van der Waals surface area contributed by atoms with Crippen LogP contribution in [0.5, 0.6) is 0 Å². The number of nitrogens with one attached hydrogen (secondary N) is 2. The van der Waals surface area contributed by atoms with Crippen molar-refractivity contribution < 1.29 is 9.72 Å². The Morgan fingerprint density at radius 3 is 2.55 bits per heavy atom. The minimum Gasteiger partial charge on any atom is -0.376 e. The topological polar surface area (TPSA) is 84.3 Å². The lowest BCUT2D eigenvalue weighted by atomic mass is 10.1. The largest absolute Gasteiger partial charge is 0.376 e. The number of nitro benzene ring substituents is 1. The van der Waals surface area contributed by atoms with E-state index < -0.39 is 4.92 Å². The quantitative estimate of drug-likeness (QED) is 0.448. The van der Waals surface area contributed by atoms with Crippen LogP contribution in [-0.2, 0) is 4.79 Å². The maximum absolute atomic E-state index is 12.0. The molecule has 22 heavy (non-hydrogen) atoms. The van der Waals surface area contributed by atoms with Gasteiger partial charge < -0.3 is 10.6 Å². The third-order valence-corrected chi connectivity index (χ3v) is 3.73. The molecule has 0 unspecified atom stereocenters. The number of hydrogen-bond acceptors (Lipinski definition) is 4. The number of nitro groups is 1. The molecule has 0 heterocycles. The van der Waals surface area contributed by atoms with Crippen molar-refractivity contribution >= 4 is 45.6 Å². The van der Waals surface area contributed by atoms with Crippen LogP contribution in [0.1, 0.15) is 5.56 Å². The van der Waals surface area contributed by atoms with Crippen molar-refractivity contribution in [2.45, 2.75) is 6.92 Å². The first-order valence-corrected chi connectivity index (χ1v) is 7.58. The molecule has 0 saturated carbocycles. The van der Waals surface area contributed by atoms with Crippen molar-refractivity contribution in [1.82, 2.24) is 0 Å². The summed E-state index contributed by atoms with van der Waals surface area (Å²) in [6.45, 7) is 1.75. The number of nitrogens with zero attached hydrogens (tertiary/aromatic N) is 1. The van der Waals surface area contributed by atoms with Crippen LogP contribution >= 0.6 is 22.6 Å². The van der Waals surface area contributed by atoms with Crippen molar-refractivity contribution in [3.05, 3.63) is 61.7 Å². The van der Waals surface area contributed by atoms with Gasteiger partial charge in [0.2, 0.25) is 5.91 Å². The lowest BCUT2D eigenvalue weighted by Crippen LogP contribution is -2.22. The maximum atomic E-state index is 12.0. The Kier molecular flexibility index (Phi) is 5.31. The van der Waals surface area contributed by atoms with Crippen LogP contribution in [-0.4, -0.2) is 17.4 Å². The van der Waals surface area contributed by atoms with Gasteiger partial charge in [0.1, 0.15) is 5.69 Å². The molecule has 0 spiro atoms. The Morgan fingerprint density at radius 1 is 1.23 bits per heavy atom. The summed E-state index contributed by atoms with van der Waals surface area (Å²) in [6.07, 6.45) is 0. The van der Waals surface area contributed by atoms with Crippen LogP contribution in [0, 0.1) is 20.6 Å². The van der Waals surface area contributed by atoms with Gasteiger partial charge in [-0.25, -0.2) is 0 Å². The van der Waals surface area contributed by atoms with Gasteiger partial charge in [-0.2, -0.15) is 0 Å². The highest BCUT2D eigenvalue weighted by Crippen LogP contribution is 2.27. The number of halogens is 1. The third kappa shape index (κ3) is 4.17. The number of rotatable bonds is 5. The number of para-hydroxylation sites is 1. The first-order valence-electron chi connectivity index (χ1n) is 6.50. The molecule has 0 aliphatic carbocycles. The van der Waals surface area contributed by atoms with Gasteiger partial charge in [0, 0.05) is 15.3 Å². The maximum Gasteiger partial charge on any atom is 0.293 e. The minimum atomic E-state index is -0.505. The van der Waals surface area contributed by atoms with Crippen LogP contribution in [0.4, 0.5) is 17.1 Å². The van der Waals surface area contributed by atoms with Crippen LogP contribution in [0.2, 0.25) is 0 Å². The Morgan fingerprint density at radius 2 is 1.91 bits per heavy atom. The van der Waals surface area contributed by atoms with E-state index in [2.05, 4.69) is 33.2 Å². The zero-order chi connectivity index (χ0) is 16.1. The average Bonchev–Trinajstić information content (AvgIpc) is 2.48. The lowest BCUT2D eigenvalue weighted by Gasteiger charge is -2.10. The molecule has 0 saturated heterocycles. The van der Waals surface area contributed by atoms with Crippen LogP contribution in [0.15, 0.2) is 42.5 Å². The summed E-state index contributed by atoms with van der Waals surface area (Å²) in [5, 5.41) is 16.6. The van der Waals surface area contributed by atoms with Crippen molar-refractivity contribution in [3.63, 3.8) is 0 Å². The predicted molar refractivity (Wildman–Crippen MR) is 94.1 cm³/mol. The summed E-state index contributed by atoms with van der Waals surface area (Å²) in [6, 6.07) is 12.3. The molecule has 2 N–H and O–H groups in total. The van der Waals surface area contributed by atoms with Crippen LogP contribution in [0.3, 0.4) is 0 Å². The second kappa shape index (κ2) is 7.21. The molecule has 2 aromatic rings. The molecule has 0 bridgehead atoms. The molecule has 2 aromatic carbocycles. The molecule has 0 aromatic heterocycles. The monoisotopic (exact) mass is 411 g/mol. The predicted octanol–water partition coefficient (Wildman–Crippen LogP) is 3.56. The van der Waals surface area contributed by atoms with Gasteiger partial charge in [0.05, 0.1) is 11.5 Å². The number of carbonyl (C=O) groups excluding carboxylic acids is 1. The molecule has 0 aliphatic heterocycles. The molecule has 0 fully saturated rings. The highest BCUT2D eigenvalue weighted by molar-refractivity contribution is 14.1. The van der Waals surface area contributed by atoms with Gasteiger partial charge >= 0.3 is 0 Å². The fraction of sp³-hybridized carbons (Fsp3) is 0.133. The van der Waals surface area contributed by atoms with Gasteiger partial charge in [-0.3, -0.25) is 14.9 Å². The molecular weight excluding hydrogens is 397 g/mol. The second-order valence-corrected chi connectivity index (χ2v) is 5.88. The second-order valence-electron chi connectivity index (χ2n) is 4.63. The zero-order valence-electron chi connectivity index (χ0n) is 11.8. The molecule has 6 nitrogen and oxygen atoms in total. The smallest absolute Gasteiger partial charge is 0.293 e. The third-order valence-electron chi connectivity index (χ3n) is 3.01. The Labute approximate surface area is 141 Å². The summed E-state index contributed by atoms with van der Waals surface area (Å²) in [5.74, 6) is -0.337. The molecule has 2 rings (SSSR count). The van der Waals surface area contributed by atoms with Gasteiger partial charge in [-0.1, -0.05) is 12.1 Å². The van der Waals surface area contributed by atoms with E-state index in [9.17, 15) is 14.9 Å². The molecule has 0 radical (unpaired) electrons. The summed E-state index contributed by atoms with van der Waals surface area (Å²) in [4.78, 5) is 22.5. The average molecular weight is 411 g/mol. The van der Waals surface area contributed by atoms with Crippen molar-refractivity contribution in [1.29, 1.82) is 0 Å². The molecular formula is C15H14IN3O3. The highest BCUT2D eigenvalue weighted by Gasteiger charge is 2.17. The molecule has 114 valence electrons.